The summed E-state index contributed by atoms with van der Waals surface area (Å²) in [5.74, 6) is 0.389. The molecule has 1 N–H and O–H groups in total. The van der Waals surface area contributed by atoms with Crippen LogP contribution in [0.1, 0.15) is 20.3 Å². The van der Waals surface area contributed by atoms with Gasteiger partial charge in [0.2, 0.25) is 0 Å². The van der Waals surface area contributed by atoms with Crippen LogP contribution < -0.4 is 0 Å². The zero-order valence-corrected chi connectivity index (χ0v) is 11.3. The van der Waals surface area contributed by atoms with Crippen LogP contribution in [0.2, 0.25) is 0 Å². The van der Waals surface area contributed by atoms with Crippen LogP contribution in [0, 0.1) is 23.7 Å². The quantitative estimate of drug-likeness (QED) is 0.823. The molecule has 5 nitrogen and oxygen atoms in total. The standard InChI is InChI=1S/C13H22N2O3/c1-8-4-10(8)5-14(3)13(18)15-6-11(7-15)9(2)12(16)17/h8-11H,4-7H2,1-3H3,(H,16,17). The van der Waals surface area contributed by atoms with E-state index in [1.54, 1.807) is 16.7 Å². The van der Waals surface area contributed by atoms with E-state index in [1.165, 1.54) is 6.42 Å². The van der Waals surface area contributed by atoms with E-state index in [1.807, 2.05) is 7.05 Å². The minimum absolute atomic E-state index is 0.0444. The lowest BCUT2D eigenvalue weighted by molar-refractivity contribution is -0.144. The van der Waals surface area contributed by atoms with Crippen LogP contribution in [0.4, 0.5) is 4.79 Å². The second-order valence-electron chi connectivity index (χ2n) is 5.93. The van der Waals surface area contributed by atoms with Gasteiger partial charge < -0.3 is 14.9 Å². The third-order valence-corrected chi connectivity index (χ3v) is 4.39. The van der Waals surface area contributed by atoms with E-state index >= 15 is 0 Å². The molecule has 1 saturated carbocycles. The summed E-state index contributed by atoms with van der Waals surface area (Å²) in [5.41, 5.74) is 0. The molecule has 1 aliphatic carbocycles. The largest absolute Gasteiger partial charge is 0.481 e. The summed E-state index contributed by atoms with van der Waals surface area (Å²) >= 11 is 0. The molecule has 1 heterocycles. The summed E-state index contributed by atoms with van der Waals surface area (Å²) in [7, 11) is 1.83. The van der Waals surface area contributed by atoms with Crippen molar-refractivity contribution in [1.82, 2.24) is 9.80 Å². The zero-order valence-electron chi connectivity index (χ0n) is 11.3. The molecule has 18 heavy (non-hydrogen) atoms. The number of hydrogen-bond donors (Lipinski definition) is 1. The number of carboxylic acid groups (broad SMARTS) is 1. The number of aliphatic carboxylic acids is 1. The van der Waals surface area contributed by atoms with Crippen molar-refractivity contribution in [3.63, 3.8) is 0 Å². The first-order valence-corrected chi connectivity index (χ1v) is 6.63. The molecule has 0 spiro atoms. The molecule has 5 heteroatoms. The van der Waals surface area contributed by atoms with Gasteiger partial charge in [-0.2, -0.15) is 0 Å². The highest BCUT2D eigenvalue weighted by molar-refractivity contribution is 5.76. The zero-order chi connectivity index (χ0) is 13.4. The average molecular weight is 254 g/mol. The molecule has 0 aromatic carbocycles. The van der Waals surface area contributed by atoms with Gasteiger partial charge in [0.05, 0.1) is 5.92 Å². The van der Waals surface area contributed by atoms with Gasteiger partial charge in [0.1, 0.15) is 0 Å². The van der Waals surface area contributed by atoms with E-state index in [0.717, 1.165) is 12.5 Å². The molecule has 102 valence electrons. The fourth-order valence-corrected chi connectivity index (χ4v) is 2.51. The smallest absolute Gasteiger partial charge is 0.319 e. The molecule has 2 amide bonds. The van der Waals surface area contributed by atoms with Crippen molar-refractivity contribution in [2.45, 2.75) is 20.3 Å². The Labute approximate surface area is 108 Å². The monoisotopic (exact) mass is 254 g/mol. The van der Waals surface area contributed by atoms with Crippen molar-refractivity contribution in [3.05, 3.63) is 0 Å². The molecule has 2 aliphatic rings. The van der Waals surface area contributed by atoms with Gasteiger partial charge >= 0.3 is 12.0 Å². The van der Waals surface area contributed by atoms with Gasteiger partial charge in [0.25, 0.3) is 0 Å². The lowest BCUT2D eigenvalue weighted by atomic mass is 9.87. The molecular weight excluding hydrogens is 232 g/mol. The van der Waals surface area contributed by atoms with E-state index in [0.29, 0.717) is 19.0 Å². The summed E-state index contributed by atoms with van der Waals surface area (Å²) in [6.07, 6.45) is 1.22. The van der Waals surface area contributed by atoms with E-state index in [4.69, 9.17) is 5.11 Å². The second kappa shape index (κ2) is 4.78. The maximum atomic E-state index is 12.0. The van der Waals surface area contributed by atoms with E-state index in [9.17, 15) is 9.59 Å². The Bertz CT molecular complexity index is 352. The van der Waals surface area contributed by atoms with Crippen LogP contribution in [-0.4, -0.2) is 53.6 Å². The fraction of sp³-hybridized carbons (Fsp3) is 0.846. The topological polar surface area (TPSA) is 60.9 Å². The number of carbonyl (C=O) groups excluding carboxylic acids is 1. The Morgan fingerprint density at radius 1 is 1.44 bits per heavy atom. The van der Waals surface area contributed by atoms with Crippen molar-refractivity contribution >= 4 is 12.0 Å². The highest BCUT2D eigenvalue weighted by atomic mass is 16.4. The summed E-state index contributed by atoms with van der Waals surface area (Å²) in [4.78, 5) is 26.4. The van der Waals surface area contributed by atoms with Crippen molar-refractivity contribution < 1.29 is 14.7 Å². The van der Waals surface area contributed by atoms with Crippen LogP contribution in [0.15, 0.2) is 0 Å². The molecule has 3 unspecified atom stereocenters. The number of carboxylic acids is 1. The number of nitrogens with zero attached hydrogens (tertiary/aromatic N) is 2. The SMILES string of the molecule is CC1CC1CN(C)C(=O)N1CC(C(C)C(=O)O)C1. The van der Waals surface area contributed by atoms with Gasteiger partial charge in [0.15, 0.2) is 0 Å². The normalized spacial score (nSPS) is 28.5. The number of rotatable bonds is 4. The number of likely N-dealkylation sites (tertiary alicyclic amines) is 1. The Morgan fingerprint density at radius 2 is 2.00 bits per heavy atom. The maximum absolute atomic E-state index is 12.0. The minimum atomic E-state index is -0.771. The Hall–Kier alpha value is -1.26. The van der Waals surface area contributed by atoms with Gasteiger partial charge in [-0.3, -0.25) is 4.79 Å². The first-order valence-electron chi connectivity index (χ1n) is 6.63. The van der Waals surface area contributed by atoms with E-state index < -0.39 is 5.97 Å². The fourth-order valence-electron chi connectivity index (χ4n) is 2.51. The lowest BCUT2D eigenvalue weighted by Crippen LogP contribution is -2.56. The van der Waals surface area contributed by atoms with Crippen molar-refractivity contribution in [3.8, 4) is 0 Å². The second-order valence-corrected chi connectivity index (χ2v) is 5.93. The highest BCUT2D eigenvalue weighted by Gasteiger charge is 2.40. The molecule has 0 aromatic heterocycles. The van der Waals surface area contributed by atoms with Gasteiger partial charge in [-0.15, -0.1) is 0 Å². The van der Waals surface area contributed by atoms with Gasteiger partial charge in [0, 0.05) is 32.6 Å². The molecule has 2 rings (SSSR count). The molecule has 1 aliphatic heterocycles. The molecule has 1 saturated heterocycles. The number of urea groups is 1. The average Bonchev–Trinajstić information content (AvgIpc) is 2.91. The van der Waals surface area contributed by atoms with Crippen LogP contribution in [0.5, 0.6) is 0 Å². The molecule has 2 fully saturated rings. The Balaban J connectivity index is 1.74. The van der Waals surface area contributed by atoms with E-state index in [-0.39, 0.29) is 17.9 Å². The third kappa shape index (κ3) is 2.60. The number of carbonyl (C=O) groups is 2. The number of amides is 2. The first kappa shape index (κ1) is 13.2. The Morgan fingerprint density at radius 3 is 2.44 bits per heavy atom. The van der Waals surface area contributed by atoms with E-state index in [2.05, 4.69) is 6.92 Å². The van der Waals surface area contributed by atoms with Crippen molar-refractivity contribution in [2.75, 3.05) is 26.7 Å². The predicted octanol–water partition coefficient (Wildman–Crippen LogP) is 1.35. The summed E-state index contributed by atoms with van der Waals surface area (Å²) < 4.78 is 0. The molecule has 0 aromatic rings. The summed E-state index contributed by atoms with van der Waals surface area (Å²) in [6, 6.07) is 0.0444. The summed E-state index contributed by atoms with van der Waals surface area (Å²) in [6.45, 7) is 5.91. The summed E-state index contributed by atoms with van der Waals surface area (Å²) in [5, 5.41) is 8.89. The minimum Gasteiger partial charge on any atom is -0.481 e. The van der Waals surface area contributed by atoms with Gasteiger partial charge in [-0.1, -0.05) is 13.8 Å². The first-order chi connectivity index (χ1) is 8.40. The Kier molecular flexibility index (Phi) is 3.50. The van der Waals surface area contributed by atoms with Crippen LogP contribution in [0.3, 0.4) is 0 Å². The van der Waals surface area contributed by atoms with Crippen molar-refractivity contribution in [2.24, 2.45) is 23.7 Å². The molecule has 0 radical (unpaired) electrons. The van der Waals surface area contributed by atoms with Crippen LogP contribution in [0.25, 0.3) is 0 Å². The van der Waals surface area contributed by atoms with Gasteiger partial charge in [-0.25, -0.2) is 4.79 Å². The molecular formula is C13H22N2O3. The molecule has 0 bridgehead atoms. The van der Waals surface area contributed by atoms with Crippen molar-refractivity contribution in [1.29, 1.82) is 0 Å². The van der Waals surface area contributed by atoms with Crippen LogP contribution >= 0.6 is 0 Å². The van der Waals surface area contributed by atoms with Crippen LogP contribution in [-0.2, 0) is 4.79 Å². The van der Waals surface area contributed by atoms with Gasteiger partial charge in [-0.05, 0) is 18.3 Å². The highest BCUT2D eigenvalue weighted by Crippen LogP contribution is 2.38. The maximum Gasteiger partial charge on any atom is 0.319 e. The molecule has 3 atom stereocenters. The predicted molar refractivity (Wildman–Crippen MR) is 67.2 cm³/mol. The lowest BCUT2D eigenvalue weighted by Gasteiger charge is -2.42. The third-order valence-electron chi connectivity index (χ3n) is 4.39. The number of hydrogen-bond acceptors (Lipinski definition) is 2.